The number of hydrogen-bond donors (Lipinski definition) is 1. The molecule has 0 bridgehead atoms. The molecular weight excluding hydrogens is 386 g/mol. The number of carbonyl (C=O) groups is 1. The number of fused-ring (bicyclic) bond motifs is 1. The maximum atomic E-state index is 12.4. The fourth-order valence-corrected chi connectivity index (χ4v) is 4.36. The summed E-state index contributed by atoms with van der Waals surface area (Å²) in [5.41, 5.74) is 3.76. The third-order valence-corrected chi connectivity index (χ3v) is 6.08. The molecule has 0 unspecified atom stereocenters. The Kier molecular flexibility index (Phi) is 6.90. The van der Waals surface area contributed by atoms with Crippen LogP contribution in [0.2, 0.25) is 0 Å². The van der Waals surface area contributed by atoms with Crippen LogP contribution in [0.1, 0.15) is 70.3 Å². The molecule has 1 aliphatic carbocycles. The van der Waals surface area contributed by atoms with Crippen LogP contribution in [0.5, 0.6) is 5.75 Å². The number of nitrogens with zero attached hydrogens (tertiary/aromatic N) is 2. The molecule has 4 rings (SSSR count). The van der Waals surface area contributed by atoms with Crippen molar-refractivity contribution in [2.75, 3.05) is 5.32 Å². The molecule has 0 atom stereocenters. The van der Waals surface area contributed by atoms with E-state index in [0.29, 0.717) is 18.2 Å². The summed E-state index contributed by atoms with van der Waals surface area (Å²) in [6, 6.07) is 12.4. The van der Waals surface area contributed by atoms with E-state index in [1.165, 1.54) is 37.7 Å². The van der Waals surface area contributed by atoms with Crippen LogP contribution < -0.4 is 10.1 Å². The van der Waals surface area contributed by atoms with Crippen LogP contribution >= 0.6 is 0 Å². The number of imidazole rings is 1. The summed E-state index contributed by atoms with van der Waals surface area (Å²) in [6.45, 7) is 4.21. The van der Waals surface area contributed by atoms with Gasteiger partial charge in [0.2, 0.25) is 0 Å². The van der Waals surface area contributed by atoms with Crippen molar-refractivity contribution in [3.8, 4) is 17.0 Å². The molecule has 0 radical (unpaired) electrons. The van der Waals surface area contributed by atoms with Crippen molar-refractivity contribution in [1.29, 1.82) is 0 Å². The average Bonchev–Trinajstić information content (AvgIpc) is 3.12. The maximum absolute atomic E-state index is 12.4. The highest BCUT2D eigenvalue weighted by Gasteiger charge is 2.22. The van der Waals surface area contributed by atoms with Gasteiger partial charge in [-0.2, -0.15) is 0 Å². The third-order valence-electron chi connectivity index (χ3n) is 6.08. The lowest BCUT2D eigenvalue weighted by atomic mass is 9.95. The molecule has 5 nitrogen and oxygen atoms in total. The minimum atomic E-state index is -0.178. The second kappa shape index (κ2) is 9.99. The first-order chi connectivity index (χ1) is 15.2. The monoisotopic (exact) mass is 419 g/mol. The van der Waals surface area contributed by atoms with Gasteiger partial charge in [-0.3, -0.25) is 9.20 Å². The second-order valence-corrected chi connectivity index (χ2v) is 8.65. The Bertz CT molecular complexity index is 1030. The Hall–Kier alpha value is -2.82. The number of para-hydroxylation sites is 1. The molecule has 2 heterocycles. The Morgan fingerprint density at radius 2 is 1.97 bits per heavy atom. The first-order valence-electron chi connectivity index (χ1n) is 11.7. The van der Waals surface area contributed by atoms with E-state index in [9.17, 15) is 4.79 Å². The summed E-state index contributed by atoms with van der Waals surface area (Å²) in [5.74, 6) is 1.38. The van der Waals surface area contributed by atoms with Gasteiger partial charge in [0.25, 0.3) is 0 Å². The van der Waals surface area contributed by atoms with E-state index in [0.717, 1.165) is 42.0 Å². The molecule has 1 N–H and O–H groups in total. The predicted octanol–water partition coefficient (Wildman–Crippen LogP) is 6.54. The molecule has 1 saturated carbocycles. The maximum Gasteiger partial charge on any atom is 0.311 e. The van der Waals surface area contributed by atoms with Crippen LogP contribution in [0.4, 0.5) is 5.82 Å². The quantitative estimate of drug-likeness (QED) is 0.256. The minimum absolute atomic E-state index is 0.178. The van der Waals surface area contributed by atoms with Gasteiger partial charge in [0.05, 0.1) is 0 Å². The number of nitrogens with one attached hydrogen (secondary N) is 1. The number of carbonyl (C=O) groups excluding carboxylic acids is 1. The summed E-state index contributed by atoms with van der Waals surface area (Å²) in [5, 5.41) is 3.77. The molecule has 3 aromatic rings. The summed E-state index contributed by atoms with van der Waals surface area (Å²) < 4.78 is 7.92. The number of benzene rings is 1. The van der Waals surface area contributed by atoms with Crippen molar-refractivity contribution in [3.05, 3.63) is 48.2 Å². The molecule has 31 heavy (non-hydrogen) atoms. The molecule has 2 aromatic heterocycles. The molecule has 1 aromatic carbocycles. The van der Waals surface area contributed by atoms with Crippen molar-refractivity contribution in [2.45, 2.75) is 77.7 Å². The lowest BCUT2D eigenvalue weighted by molar-refractivity contribution is -0.134. The molecule has 0 aliphatic heterocycles. The summed E-state index contributed by atoms with van der Waals surface area (Å²) in [6.07, 6.45) is 11.7. The van der Waals surface area contributed by atoms with E-state index < -0.39 is 0 Å². The van der Waals surface area contributed by atoms with Crippen LogP contribution in [0.3, 0.4) is 0 Å². The highest BCUT2D eigenvalue weighted by Crippen LogP contribution is 2.37. The van der Waals surface area contributed by atoms with Gasteiger partial charge in [0, 0.05) is 24.2 Å². The first-order valence-corrected chi connectivity index (χ1v) is 11.7. The molecular formula is C26H33N3O2. The third kappa shape index (κ3) is 5.09. The molecule has 5 heteroatoms. The summed E-state index contributed by atoms with van der Waals surface area (Å²) >= 11 is 0. The van der Waals surface area contributed by atoms with E-state index in [4.69, 9.17) is 9.72 Å². The van der Waals surface area contributed by atoms with Crippen molar-refractivity contribution < 1.29 is 9.53 Å². The Morgan fingerprint density at radius 3 is 2.77 bits per heavy atom. The SMILES string of the molecule is CCCCCC(=O)Oc1ccccc1-c1nc2cc(C)ccn2c1NC1CCCCC1. The van der Waals surface area contributed by atoms with Gasteiger partial charge in [0.15, 0.2) is 0 Å². The Morgan fingerprint density at radius 1 is 1.16 bits per heavy atom. The Balaban J connectivity index is 1.70. The smallest absolute Gasteiger partial charge is 0.311 e. The summed E-state index contributed by atoms with van der Waals surface area (Å²) in [4.78, 5) is 17.4. The van der Waals surface area contributed by atoms with E-state index in [2.05, 4.69) is 41.9 Å². The molecule has 0 spiro atoms. The lowest BCUT2D eigenvalue weighted by Gasteiger charge is -2.24. The van der Waals surface area contributed by atoms with E-state index >= 15 is 0 Å². The van der Waals surface area contributed by atoms with Gasteiger partial charge in [0.1, 0.15) is 22.9 Å². The number of hydrogen-bond acceptors (Lipinski definition) is 4. The number of anilines is 1. The first kappa shape index (κ1) is 21.4. The summed E-state index contributed by atoms with van der Waals surface area (Å²) in [7, 11) is 0. The molecule has 1 fully saturated rings. The zero-order chi connectivity index (χ0) is 21.6. The van der Waals surface area contributed by atoms with Crippen LogP contribution in [-0.4, -0.2) is 21.4 Å². The number of aryl methyl sites for hydroxylation is 1. The Labute approximate surface area is 184 Å². The van der Waals surface area contributed by atoms with E-state index in [-0.39, 0.29) is 5.97 Å². The second-order valence-electron chi connectivity index (χ2n) is 8.65. The molecule has 0 saturated heterocycles. The van der Waals surface area contributed by atoms with E-state index in [1.807, 2.05) is 24.3 Å². The van der Waals surface area contributed by atoms with Crippen molar-refractivity contribution in [3.63, 3.8) is 0 Å². The average molecular weight is 420 g/mol. The number of aromatic nitrogens is 2. The zero-order valence-corrected chi connectivity index (χ0v) is 18.7. The van der Waals surface area contributed by atoms with Crippen LogP contribution in [0, 0.1) is 6.92 Å². The van der Waals surface area contributed by atoms with Gasteiger partial charge in [-0.25, -0.2) is 4.98 Å². The number of rotatable bonds is 8. The standard InChI is InChI=1S/C26H33N3O2/c1-3-4-6-15-24(30)31-22-14-10-9-13-21(22)25-26(27-20-11-7-5-8-12-20)29-17-16-19(2)18-23(29)28-25/h9-10,13-14,16-18,20,27H,3-8,11-12,15H2,1-2H3. The van der Waals surface area contributed by atoms with Gasteiger partial charge < -0.3 is 10.1 Å². The fourth-order valence-electron chi connectivity index (χ4n) is 4.36. The van der Waals surface area contributed by atoms with Crippen molar-refractivity contribution in [2.24, 2.45) is 0 Å². The van der Waals surface area contributed by atoms with E-state index in [1.54, 1.807) is 0 Å². The van der Waals surface area contributed by atoms with Crippen LogP contribution in [-0.2, 0) is 4.79 Å². The largest absolute Gasteiger partial charge is 0.426 e. The zero-order valence-electron chi connectivity index (χ0n) is 18.7. The lowest BCUT2D eigenvalue weighted by Crippen LogP contribution is -2.23. The molecule has 0 amide bonds. The van der Waals surface area contributed by atoms with Gasteiger partial charge >= 0.3 is 5.97 Å². The number of unbranched alkanes of at least 4 members (excludes halogenated alkanes) is 2. The molecule has 1 aliphatic rings. The topological polar surface area (TPSA) is 55.6 Å². The van der Waals surface area contributed by atoms with Crippen LogP contribution in [0.15, 0.2) is 42.6 Å². The number of ether oxygens (including phenoxy) is 1. The number of pyridine rings is 1. The van der Waals surface area contributed by atoms with Crippen molar-refractivity contribution in [1.82, 2.24) is 9.38 Å². The highest BCUT2D eigenvalue weighted by atomic mass is 16.5. The molecule has 164 valence electrons. The normalized spacial score (nSPS) is 14.6. The minimum Gasteiger partial charge on any atom is -0.426 e. The van der Waals surface area contributed by atoms with Gasteiger partial charge in [-0.1, -0.05) is 51.2 Å². The number of esters is 1. The highest BCUT2D eigenvalue weighted by molar-refractivity contribution is 5.83. The van der Waals surface area contributed by atoms with Crippen molar-refractivity contribution >= 4 is 17.4 Å². The fraction of sp³-hybridized carbons (Fsp3) is 0.462. The van der Waals surface area contributed by atoms with Gasteiger partial charge in [-0.05, 0) is 56.0 Å². The predicted molar refractivity (Wildman–Crippen MR) is 126 cm³/mol. The van der Waals surface area contributed by atoms with Crippen LogP contribution in [0.25, 0.3) is 16.9 Å². The van der Waals surface area contributed by atoms with Gasteiger partial charge in [-0.15, -0.1) is 0 Å².